The summed E-state index contributed by atoms with van der Waals surface area (Å²) in [6, 6.07) is -0.155. The van der Waals surface area contributed by atoms with Gasteiger partial charge in [0.15, 0.2) is 0 Å². The molecule has 1 aliphatic heterocycles. The summed E-state index contributed by atoms with van der Waals surface area (Å²) in [6.07, 6.45) is 6.57. The smallest absolute Gasteiger partial charge is 0.288 e. The van der Waals surface area contributed by atoms with E-state index in [4.69, 9.17) is 4.74 Å². The van der Waals surface area contributed by atoms with Crippen LogP contribution in [-0.4, -0.2) is 31.0 Å². The van der Waals surface area contributed by atoms with Gasteiger partial charge in [0.2, 0.25) is 0 Å². The fraction of sp³-hybridized carbons (Fsp3) is 0.222. The number of fused-ring (bicyclic) bond motifs is 1. The first-order valence-electron chi connectivity index (χ1n) is 3.89. The summed E-state index contributed by atoms with van der Waals surface area (Å²) in [4.78, 5) is 18.7. The van der Waals surface area contributed by atoms with Crippen molar-refractivity contribution in [2.45, 2.75) is 6.04 Å². The van der Waals surface area contributed by atoms with Crippen LogP contribution >= 0.6 is 0 Å². The molecule has 4 heteroatoms. The van der Waals surface area contributed by atoms with Crippen LogP contribution in [0.3, 0.4) is 0 Å². The maximum Gasteiger partial charge on any atom is 0.288 e. The number of amides is 1. The molecule has 1 unspecified atom stereocenters. The van der Waals surface area contributed by atoms with Gasteiger partial charge in [0.1, 0.15) is 11.8 Å². The molecule has 1 heterocycles. The van der Waals surface area contributed by atoms with Crippen LogP contribution in [0.2, 0.25) is 0 Å². The highest BCUT2D eigenvalue weighted by Crippen LogP contribution is 2.14. The number of rotatable bonds is 1. The van der Waals surface area contributed by atoms with Crippen molar-refractivity contribution < 1.29 is 9.53 Å². The van der Waals surface area contributed by atoms with E-state index >= 15 is 0 Å². The Morgan fingerprint density at radius 2 is 2.31 bits per heavy atom. The molecule has 0 N–H and O–H groups in total. The first kappa shape index (κ1) is 7.91. The Balaban J connectivity index is 2.31. The molecule has 1 atom stereocenters. The van der Waals surface area contributed by atoms with Crippen LogP contribution in [0.25, 0.3) is 0 Å². The number of hydrogen-bond acceptors (Lipinski definition) is 3. The zero-order chi connectivity index (χ0) is 9.26. The normalized spacial score (nSPS) is 25.0. The van der Waals surface area contributed by atoms with Crippen LogP contribution in [0.1, 0.15) is 0 Å². The van der Waals surface area contributed by atoms with Crippen LogP contribution in [0.5, 0.6) is 0 Å². The van der Waals surface area contributed by atoms with Gasteiger partial charge in [-0.3, -0.25) is 9.79 Å². The summed E-state index contributed by atoms with van der Waals surface area (Å²) in [5, 5.41) is 0. The van der Waals surface area contributed by atoms with Gasteiger partial charge in [-0.1, -0.05) is 0 Å². The molecule has 66 valence electrons. The fourth-order valence-corrected chi connectivity index (χ4v) is 1.22. The van der Waals surface area contributed by atoms with Crippen molar-refractivity contribution in [2.75, 3.05) is 7.11 Å². The van der Waals surface area contributed by atoms with Gasteiger partial charge in [-0.2, -0.15) is 0 Å². The minimum atomic E-state index is -0.301. The van der Waals surface area contributed by atoms with E-state index in [9.17, 15) is 4.79 Å². The second-order valence-corrected chi connectivity index (χ2v) is 2.70. The number of allylic oxidation sites excluding steroid dienone is 1. The predicted molar refractivity (Wildman–Crippen MR) is 49.0 cm³/mol. The van der Waals surface area contributed by atoms with E-state index in [1.165, 1.54) is 6.21 Å². The van der Waals surface area contributed by atoms with Crippen LogP contribution in [0.4, 0.5) is 0 Å². The Kier molecular flexibility index (Phi) is 1.81. The Bertz CT molecular complexity index is 364. The number of methoxy groups -OCH3 is 1. The van der Waals surface area contributed by atoms with Crippen LogP contribution in [-0.2, 0) is 9.53 Å². The third-order valence-corrected chi connectivity index (χ3v) is 1.86. The molecule has 0 spiro atoms. The minimum absolute atomic E-state index is 0.155. The molecule has 0 aromatic rings. The topological polar surface area (TPSA) is 51.0 Å². The summed E-state index contributed by atoms with van der Waals surface area (Å²) in [5.41, 5.74) is 0.674. The van der Waals surface area contributed by atoms with Gasteiger partial charge in [0, 0.05) is 0 Å². The number of nitrogens with zero attached hydrogens (tertiary/aromatic N) is 2. The van der Waals surface area contributed by atoms with Crippen molar-refractivity contribution in [3.8, 4) is 0 Å². The van der Waals surface area contributed by atoms with E-state index in [2.05, 4.69) is 9.98 Å². The van der Waals surface area contributed by atoms with Gasteiger partial charge < -0.3 is 4.74 Å². The third kappa shape index (κ3) is 1.42. The lowest BCUT2D eigenvalue weighted by molar-refractivity contribution is -0.111. The van der Waals surface area contributed by atoms with Gasteiger partial charge in [-0.05, 0) is 18.2 Å². The molecular formula is C9H8N2O2. The Morgan fingerprint density at radius 3 is 3.08 bits per heavy atom. The zero-order valence-corrected chi connectivity index (χ0v) is 7.10. The molecule has 0 bridgehead atoms. The molecule has 2 rings (SSSR count). The molecule has 0 fully saturated rings. The average molecular weight is 176 g/mol. The Hall–Kier alpha value is -1.71. The first-order valence-corrected chi connectivity index (χ1v) is 3.89. The summed E-state index contributed by atoms with van der Waals surface area (Å²) >= 11 is 0. The van der Waals surface area contributed by atoms with E-state index in [-0.39, 0.29) is 11.9 Å². The SMILES string of the molecule is COC1=CC2N=CC(=O)N=C2C=C1. The highest BCUT2D eigenvalue weighted by atomic mass is 16.5. The molecule has 0 saturated carbocycles. The highest BCUT2D eigenvalue weighted by Gasteiger charge is 2.19. The largest absolute Gasteiger partial charge is 0.497 e. The summed E-state index contributed by atoms with van der Waals surface area (Å²) in [5.74, 6) is 0.445. The molecule has 2 aliphatic rings. The molecule has 4 nitrogen and oxygen atoms in total. The maximum absolute atomic E-state index is 10.8. The molecule has 0 aromatic carbocycles. The second-order valence-electron chi connectivity index (χ2n) is 2.70. The van der Waals surface area contributed by atoms with Crippen molar-refractivity contribution in [3.63, 3.8) is 0 Å². The average Bonchev–Trinajstić information content (AvgIpc) is 2.17. The Morgan fingerprint density at radius 1 is 1.46 bits per heavy atom. The van der Waals surface area contributed by atoms with Gasteiger partial charge in [-0.15, -0.1) is 0 Å². The Labute approximate surface area is 75.3 Å². The molecule has 1 aliphatic carbocycles. The molecule has 0 saturated heterocycles. The third-order valence-electron chi connectivity index (χ3n) is 1.86. The lowest BCUT2D eigenvalue weighted by Crippen LogP contribution is -2.24. The van der Waals surface area contributed by atoms with E-state index in [0.29, 0.717) is 5.71 Å². The van der Waals surface area contributed by atoms with E-state index in [1.54, 1.807) is 19.3 Å². The maximum atomic E-state index is 10.8. The summed E-state index contributed by atoms with van der Waals surface area (Å²) in [6.45, 7) is 0. The van der Waals surface area contributed by atoms with Crippen LogP contribution < -0.4 is 0 Å². The highest BCUT2D eigenvalue weighted by molar-refractivity contribution is 6.32. The standard InChI is InChI=1S/C9H8N2O2/c1-13-6-2-3-7-8(4-6)10-5-9(12)11-7/h2-5,8H,1H3. The first-order chi connectivity index (χ1) is 6.29. The predicted octanol–water partition coefficient (Wildman–Crippen LogP) is 0.507. The minimum Gasteiger partial charge on any atom is -0.497 e. The van der Waals surface area contributed by atoms with Gasteiger partial charge in [-0.25, -0.2) is 4.99 Å². The fourth-order valence-electron chi connectivity index (χ4n) is 1.22. The molecule has 1 amide bonds. The molecule has 13 heavy (non-hydrogen) atoms. The monoisotopic (exact) mass is 176 g/mol. The van der Waals surface area contributed by atoms with Crippen molar-refractivity contribution in [3.05, 3.63) is 24.0 Å². The van der Waals surface area contributed by atoms with Crippen molar-refractivity contribution in [2.24, 2.45) is 9.98 Å². The lowest BCUT2D eigenvalue weighted by atomic mass is 10.1. The number of hydrogen-bond donors (Lipinski definition) is 0. The summed E-state index contributed by atoms with van der Waals surface area (Å²) in [7, 11) is 1.59. The van der Waals surface area contributed by atoms with E-state index in [1.807, 2.05) is 6.08 Å². The van der Waals surface area contributed by atoms with Crippen molar-refractivity contribution >= 4 is 17.8 Å². The number of carbonyl (C=O) groups is 1. The summed E-state index contributed by atoms with van der Waals surface area (Å²) < 4.78 is 5.03. The number of carbonyl (C=O) groups excluding carboxylic acids is 1. The van der Waals surface area contributed by atoms with Crippen LogP contribution in [0, 0.1) is 0 Å². The van der Waals surface area contributed by atoms with E-state index < -0.39 is 0 Å². The van der Waals surface area contributed by atoms with Gasteiger partial charge in [0.25, 0.3) is 5.91 Å². The van der Waals surface area contributed by atoms with Crippen LogP contribution in [0.15, 0.2) is 34.0 Å². The molecule has 0 radical (unpaired) electrons. The zero-order valence-electron chi connectivity index (χ0n) is 7.10. The molecule has 0 aromatic heterocycles. The van der Waals surface area contributed by atoms with Crippen molar-refractivity contribution in [1.82, 2.24) is 0 Å². The number of ether oxygens (including phenoxy) is 1. The van der Waals surface area contributed by atoms with Gasteiger partial charge in [0.05, 0.1) is 19.0 Å². The lowest BCUT2D eigenvalue weighted by Gasteiger charge is -2.16. The number of aliphatic imine (C=N–C) groups is 2. The molecular weight excluding hydrogens is 168 g/mol. The van der Waals surface area contributed by atoms with E-state index in [0.717, 1.165) is 5.76 Å². The van der Waals surface area contributed by atoms with Gasteiger partial charge >= 0.3 is 0 Å². The van der Waals surface area contributed by atoms with Crippen molar-refractivity contribution in [1.29, 1.82) is 0 Å². The quantitative estimate of drug-likeness (QED) is 0.584. The second kappa shape index (κ2) is 2.97.